The molecule has 1 spiro atoms. The first-order chi connectivity index (χ1) is 17.8. The molecular formula is C29H38N2O6. The molecule has 3 fully saturated rings. The van der Waals surface area contributed by atoms with Gasteiger partial charge < -0.3 is 24.4 Å². The van der Waals surface area contributed by atoms with Gasteiger partial charge in [0.25, 0.3) is 5.91 Å². The zero-order valence-electron chi connectivity index (χ0n) is 21.9. The maximum Gasteiger partial charge on any atom is 0.312 e. The summed E-state index contributed by atoms with van der Waals surface area (Å²) in [5.41, 5.74) is 1.59. The minimum Gasteiger partial charge on any atom is -0.465 e. The van der Waals surface area contributed by atoms with Crippen molar-refractivity contribution < 1.29 is 29.0 Å². The molecule has 8 nitrogen and oxygen atoms in total. The molecule has 3 aliphatic rings. The fourth-order valence-electron chi connectivity index (χ4n) is 6.27. The highest BCUT2D eigenvalue weighted by Crippen LogP contribution is 2.59. The number of aliphatic hydroxyl groups excluding tert-OH is 1. The van der Waals surface area contributed by atoms with Crippen LogP contribution in [0.5, 0.6) is 0 Å². The van der Waals surface area contributed by atoms with E-state index in [1.807, 2.05) is 32.0 Å². The van der Waals surface area contributed by atoms with Gasteiger partial charge in [-0.3, -0.25) is 14.4 Å². The van der Waals surface area contributed by atoms with Crippen LogP contribution in [0.2, 0.25) is 0 Å². The fraction of sp³-hybridized carbons (Fsp3) is 0.552. The van der Waals surface area contributed by atoms with Crippen molar-refractivity contribution in [3.8, 4) is 0 Å². The molecule has 37 heavy (non-hydrogen) atoms. The van der Waals surface area contributed by atoms with Gasteiger partial charge >= 0.3 is 5.97 Å². The number of carbonyl (C=O) groups excluding carboxylic acids is 3. The topological polar surface area (TPSA) is 96.4 Å². The predicted molar refractivity (Wildman–Crippen MR) is 140 cm³/mol. The monoisotopic (exact) mass is 510 g/mol. The first-order valence-electron chi connectivity index (χ1n) is 13.2. The summed E-state index contributed by atoms with van der Waals surface area (Å²) < 4.78 is 12.0. The number of benzene rings is 1. The Morgan fingerprint density at radius 1 is 1.27 bits per heavy atom. The lowest BCUT2D eigenvalue weighted by Gasteiger charge is -2.37. The molecule has 1 aromatic carbocycles. The number of hydrogen-bond donors (Lipinski definition) is 1. The summed E-state index contributed by atoms with van der Waals surface area (Å²) >= 11 is 0. The summed E-state index contributed by atoms with van der Waals surface area (Å²) in [6.07, 6.45) is 5.78. The number of aliphatic hydroxyl groups is 1. The van der Waals surface area contributed by atoms with E-state index in [1.54, 1.807) is 17.1 Å². The molecule has 3 heterocycles. The molecule has 3 saturated heterocycles. The lowest BCUT2D eigenvalue weighted by atomic mass is 9.70. The van der Waals surface area contributed by atoms with Crippen LogP contribution < -0.4 is 4.90 Å². The second-order valence-electron chi connectivity index (χ2n) is 10.3. The highest BCUT2D eigenvalue weighted by atomic mass is 16.6. The summed E-state index contributed by atoms with van der Waals surface area (Å²) in [5.74, 6) is -2.51. The third-order valence-electron chi connectivity index (χ3n) is 7.89. The minimum absolute atomic E-state index is 0.117. The van der Waals surface area contributed by atoms with E-state index < -0.39 is 35.6 Å². The van der Waals surface area contributed by atoms with E-state index >= 15 is 0 Å². The Bertz CT molecular complexity index is 1070. The van der Waals surface area contributed by atoms with Gasteiger partial charge in [0.2, 0.25) is 5.91 Å². The summed E-state index contributed by atoms with van der Waals surface area (Å²) in [4.78, 5) is 44.6. The van der Waals surface area contributed by atoms with Crippen molar-refractivity contribution in [3.05, 3.63) is 54.6 Å². The molecule has 2 bridgehead atoms. The molecule has 0 radical (unpaired) electrons. The van der Waals surface area contributed by atoms with E-state index in [0.29, 0.717) is 25.7 Å². The molecule has 1 N–H and O–H groups in total. The van der Waals surface area contributed by atoms with E-state index in [2.05, 4.69) is 13.2 Å². The van der Waals surface area contributed by atoms with Crippen LogP contribution in [0.3, 0.4) is 0 Å². The van der Waals surface area contributed by atoms with Gasteiger partial charge in [0, 0.05) is 25.4 Å². The van der Waals surface area contributed by atoms with Crippen molar-refractivity contribution in [2.45, 2.75) is 63.7 Å². The van der Waals surface area contributed by atoms with Crippen LogP contribution in [0.15, 0.2) is 43.5 Å². The average molecular weight is 511 g/mol. The maximum absolute atomic E-state index is 14.4. The van der Waals surface area contributed by atoms with Crippen molar-refractivity contribution in [2.24, 2.45) is 11.8 Å². The van der Waals surface area contributed by atoms with Crippen LogP contribution in [-0.2, 0) is 23.9 Å². The fourth-order valence-corrected chi connectivity index (χ4v) is 6.27. The van der Waals surface area contributed by atoms with Crippen LogP contribution in [-0.4, -0.2) is 71.8 Å². The molecule has 2 unspecified atom stereocenters. The lowest BCUT2D eigenvalue weighted by Crippen LogP contribution is -2.56. The molecule has 5 atom stereocenters. The number of hydrogen-bond acceptors (Lipinski definition) is 6. The molecule has 0 aromatic heterocycles. The number of carbonyl (C=O) groups is 3. The van der Waals surface area contributed by atoms with E-state index in [-0.39, 0.29) is 38.1 Å². The number of rotatable bonds is 12. The highest BCUT2D eigenvalue weighted by molar-refractivity contribution is 6.05. The quantitative estimate of drug-likeness (QED) is 0.264. The molecule has 2 amide bonds. The summed E-state index contributed by atoms with van der Waals surface area (Å²) in [7, 11) is 0. The van der Waals surface area contributed by atoms with Gasteiger partial charge in [-0.2, -0.15) is 0 Å². The number of fused-ring (bicyclic) bond motifs is 1. The maximum atomic E-state index is 14.4. The van der Waals surface area contributed by atoms with Crippen LogP contribution in [0.4, 0.5) is 5.69 Å². The van der Waals surface area contributed by atoms with Gasteiger partial charge in [-0.05, 0) is 63.1 Å². The molecule has 0 aliphatic carbocycles. The van der Waals surface area contributed by atoms with Crippen molar-refractivity contribution >= 4 is 23.5 Å². The second-order valence-corrected chi connectivity index (χ2v) is 10.3. The van der Waals surface area contributed by atoms with Crippen molar-refractivity contribution in [1.82, 2.24) is 4.90 Å². The largest absolute Gasteiger partial charge is 0.465 e. The Morgan fingerprint density at radius 2 is 2.05 bits per heavy atom. The Balaban J connectivity index is 1.70. The van der Waals surface area contributed by atoms with E-state index in [0.717, 1.165) is 23.2 Å². The SMILES string of the molecule is C=CCCCOC(=O)[C@@H]1[C@@H]2CCC3(O2)C(C(=O)N(CC=C)c2cc(C)ccc2C)N(CCCO)C(=O)[C@H]13. The number of allylic oxidation sites excluding steroid dienone is 1. The number of ether oxygens (including phenoxy) is 2. The number of aryl methyl sites for hydroxylation is 2. The van der Waals surface area contributed by atoms with Crippen LogP contribution in [0.1, 0.15) is 43.2 Å². The number of nitrogens with zero attached hydrogens (tertiary/aromatic N) is 2. The third-order valence-corrected chi connectivity index (χ3v) is 7.89. The predicted octanol–water partition coefficient (Wildman–Crippen LogP) is 3.09. The summed E-state index contributed by atoms with van der Waals surface area (Å²) in [5, 5.41) is 9.53. The summed E-state index contributed by atoms with van der Waals surface area (Å²) in [6, 6.07) is 5.01. The highest BCUT2D eigenvalue weighted by Gasteiger charge is 2.75. The molecule has 4 rings (SSSR count). The molecule has 200 valence electrons. The Kier molecular flexibility index (Phi) is 8.19. The van der Waals surface area contributed by atoms with Crippen molar-refractivity contribution in [1.29, 1.82) is 0 Å². The molecule has 8 heteroatoms. The first kappa shape index (κ1) is 27.1. The van der Waals surface area contributed by atoms with Crippen LogP contribution in [0.25, 0.3) is 0 Å². The van der Waals surface area contributed by atoms with Gasteiger partial charge in [0.15, 0.2) is 0 Å². The van der Waals surface area contributed by atoms with Gasteiger partial charge in [0.05, 0.1) is 24.5 Å². The van der Waals surface area contributed by atoms with E-state index in [9.17, 15) is 19.5 Å². The lowest BCUT2D eigenvalue weighted by molar-refractivity contribution is -0.155. The number of likely N-dealkylation sites (tertiary alicyclic amines) is 1. The minimum atomic E-state index is -1.10. The summed E-state index contributed by atoms with van der Waals surface area (Å²) in [6.45, 7) is 12.0. The first-order valence-corrected chi connectivity index (χ1v) is 13.2. The van der Waals surface area contributed by atoms with E-state index in [4.69, 9.17) is 9.47 Å². The van der Waals surface area contributed by atoms with Gasteiger partial charge in [-0.1, -0.05) is 24.3 Å². The normalized spacial score (nSPS) is 27.8. The number of anilines is 1. The molecule has 3 aliphatic heterocycles. The molecular weight excluding hydrogens is 472 g/mol. The number of amides is 2. The third kappa shape index (κ3) is 4.73. The zero-order valence-corrected chi connectivity index (χ0v) is 21.9. The number of esters is 1. The van der Waals surface area contributed by atoms with E-state index in [1.165, 1.54) is 4.90 Å². The molecule has 0 saturated carbocycles. The van der Waals surface area contributed by atoms with Crippen LogP contribution in [0, 0.1) is 25.7 Å². The standard InChI is InChI=1S/C29H38N2O6/c1-5-7-8-17-36-28(35)23-22-12-13-29(37-22)24(23)26(33)31(15-9-16-32)25(29)27(34)30(14-6-2)21-18-19(3)10-11-20(21)4/h5-6,10-11,18,22-25,32H,1-2,7-9,12-17H2,3-4H3/t22-,23+,24-,25?,29?/m0/s1. The van der Waals surface area contributed by atoms with Gasteiger partial charge in [-0.25, -0.2) is 0 Å². The Labute approximate surface area is 218 Å². The average Bonchev–Trinajstić information content (AvgIpc) is 3.52. The number of unbranched alkanes of at least 4 members (excludes halogenated alkanes) is 1. The van der Waals surface area contributed by atoms with Crippen molar-refractivity contribution in [2.75, 3.05) is 31.2 Å². The Hall–Kier alpha value is -2.97. The second kappa shape index (κ2) is 11.2. The Morgan fingerprint density at radius 3 is 2.76 bits per heavy atom. The van der Waals surface area contributed by atoms with Crippen molar-refractivity contribution in [3.63, 3.8) is 0 Å². The molecule has 1 aromatic rings. The van der Waals surface area contributed by atoms with Gasteiger partial charge in [-0.15, -0.1) is 13.2 Å². The van der Waals surface area contributed by atoms with Crippen LogP contribution >= 0.6 is 0 Å². The smallest absolute Gasteiger partial charge is 0.312 e. The van der Waals surface area contributed by atoms with Gasteiger partial charge in [0.1, 0.15) is 11.6 Å². The zero-order chi connectivity index (χ0) is 26.7.